The van der Waals surface area contributed by atoms with E-state index in [1.807, 2.05) is 0 Å². The van der Waals surface area contributed by atoms with Crippen LogP contribution in [0.25, 0.3) is 10.7 Å². The van der Waals surface area contributed by atoms with Crippen molar-refractivity contribution in [2.75, 3.05) is 0 Å². The molecule has 0 spiro atoms. The molecule has 0 radical (unpaired) electrons. The quantitative estimate of drug-likeness (QED) is 0.841. The molecule has 2 rings (SSSR count). The minimum absolute atomic E-state index is 0.160. The van der Waals surface area contributed by atoms with Gasteiger partial charge in [-0.3, -0.25) is 4.79 Å². The summed E-state index contributed by atoms with van der Waals surface area (Å²) in [6.45, 7) is 1.08. The molecule has 2 heterocycles. The lowest BCUT2D eigenvalue weighted by atomic mass is 10.1. The fraction of sp³-hybridized carbons (Fsp3) is 0.300. The first-order valence-corrected chi connectivity index (χ1v) is 6.65. The monoisotopic (exact) mass is 354 g/mol. The van der Waals surface area contributed by atoms with Gasteiger partial charge in [0.2, 0.25) is 17.5 Å². The number of carbonyl (C=O) groups is 1. The van der Waals surface area contributed by atoms with Crippen LogP contribution in [0.1, 0.15) is 18.7 Å². The highest BCUT2D eigenvalue weighted by Crippen LogP contribution is 2.30. The minimum Gasteiger partial charge on any atom is -0.338 e. The Morgan fingerprint density at radius 3 is 2.74 bits per heavy atom. The summed E-state index contributed by atoms with van der Waals surface area (Å²) in [5.41, 5.74) is 0. The van der Waals surface area contributed by atoms with E-state index in [2.05, 4.69) is 26.1 Å². The Kier molecular flexibility index (Phi) is 3.77. The Bertz CT molecular complexity index is 608. The zero-order valence-corrected chi connectivity index (χ0v) is 11.8. The predicted octanol–water partition coefficient (Wildman–Crippen LogP) is 3.80. The normalized spacial score (nSPS) is 13.5. The van der Waals surface area contributed by atoms with E-state index < -0.39 is 17.9 Å². The zero-order chi connectivity index (χ0) is 14.2. The van der Waals surface area contributed by atoms with Crippen LogP contribution in [0.2, 0.25) is 0 Å². The Morgan fingerprint density at radius 2 is 2.21 bits per heavy atom. The number of alkyl halides is 3. The molecule has 0 bridgehead atoms. The summed E-state index contributed by atoms with van der Waals surface area (Å²) in [5, 5.41) is 5.34. The number of Topliss-reactive ketones (excluding diaryl/α,β-unsaturated/α-hetero) is 1. The summed E-state index contributed by atoms with van der Waals surface area (Å²) in [4.78, 5) is 15.5. The topological polar surface area (TPSA) is 56.0 Å². The lowest BCUT2D eigenvalue weighted by Crippen LogP contribution is -2.27. The van der Waals surface area contributed by atoms with Crippen LogP contribution >= 0.6 is 27.3 Å². The van der Waals surface area contributed by atoms with Crippen LogP contribution < -0.4 is 0 Å². The second kappa shape index (κ2) is 5.04. The lowest BCUT2D eigenvalue weighted by Gasteiger charge is -2.07. The molecular weight excluding hydrogens is 349 g/mol. The minimum atomic E-state index is -4.92. The van der Waals surface area contributed by atoms with E-state index in [-0.39, 0.29) is 11.7 Å². The molecule has 102 valence electrons. The third kappa shape index (κ3) is 3.03. The Hall–Kier alpha value is -1.22. The van der Waals surface area contributed by atoms with Gasteiger partial charge in [-0.2, -0.15) is 18.2 Å². The van der Waals surface area contributed by atoms with Crippen molar-refractivity contribution < 1.29 is 22.5 Å². The van der Waals surface area contributed by atoms with Crippen LogP contribution in [0.5, 0.6) is 0 Å². The van der Waals surface area contributed by atoms with E-state index in [1.54, 1.807) is 11.4 Å². The number of thiophene rings is 1. The van der Waals surface area contributed by atoms with E-state index >= 15 is 0 Å². The van der Waals surface area contributed by atoms with Gasteiger partial charge in [-0.05, 0) is 28.9 Å². The van der Waals surface area contributed by atoms with E-state index in [0.29, 0.717) is 4.88 Å². The maximum atomic E-state index is 12.3. The smallest absolute Gasteiger partial charge is 0.338 e. The van der Waals surface area contributed by atoms with Crippen LogP contribution in [0.15, 0.2) is 20.4 Å². The van der Waals surface area contributed by atoms with Crippen molar-refractivity contribution >= 4 is 33.0 Å². The highest BCUT2D eigenvalue weighted by Gasteiger charge is 2.44. The number of halogens is 4. The molecule has 9 heteroatoms. The molecule has 0 fully saturated rings. The fourth-order valence-electron chi connectivity index (χ4n) is 1.30. The highest BCUT2D eigenvalue weighted by atomic mass is 79.9. The third-order valence-electron chi connectivity index (χ3n) is 2.27. The van der Waals surface area contributed by atoms with E-state index in [4.69, 9.17) is 4.52 Å². The molecule has 0 aliphatic rings. The second-order valence-electron chi connectivity index (χ2n) is 3.67. The first-order valence-electron chi connectivity index (χ1n) is 4.98. The number of carbonyl (C=O) groups excluding carboxylic acids is 1. The van der Waals surface area contributed by atoms with Gasteiger partial charge in [0.25, 0.3) is 0 Å². The van der Waals surface area contributed by atoms with Crippen molar-refractivity contribution in [3.8, 4) is 10.7 Å². The molecule has 0 aromatic carbocycles. The van der Waals surface area contributed by atoms with Gasteiger partial charge in [-0.1, -0.05) is 5.16 Å². The van der Waals surface area contributed by atoms with Crippen molar-refractivity contribution in [2.24, 2.45) is 0 Å². The molecule has 2 aromatic rings. The average molecular weight is 355 g/mol. The van der Waals surface area contributed by atoms with Gasteiger partial charge in [0.1, 0.15) is 5.92 Å². The molecule has 1 atom stereocenters. The summed E-state index contributed by atoms with van der Waals surface area (Å²) in [7, 11) is 0. The molecular formula is C10H6BrF3N2O2S. The number of nitrogens with zero attached hydrogens (tertiary/aromatic N) is 2. The summed E-state index contributed by atoms with van der Waals surface area (Å²) in [5.74, 6) is -3.60. The lowest BCUT2D eigenvalue weighted by molar-refractivity contribution is -0.172. The first-order chi connectivity index (χ1) is 8.79. The van der Waals surface area contributed by atoms with Crippen LogP contribution in [0.3, 0.4) is 0 Å². The molecule has 0 amide bonds. The van der Waals surface area contributed by atoms with Crippen LogP contribution in [-0.4, -0.2) is 22.1 Å². The molecule has 0 saturated carbocycles. The molecule has 0 aliphatic carbocycles. The van der Waals surface area contributed by atoms with Crippen molar-refractivity contribution in [2.45, 2.75) is 19.0 Å². The maximum absolute atomic E-state index is 12.3. The number of aromatic nitrogens is 2. The summed E-state index contributed by atoms with van der Waals surface area (Å²) in [6.07, 6.45) is -4.92. The van der Waals surface area contributed by atoms with Gasteiger partial charge in [0, 0.05) is 9.85 Å². The van der Waals surface area contributed by atoms with Gasteiger partial charge < -0.3 is 4.52 Å². The molecule has 4 nitrogen and oxygen atoms in total. The molecule has 0 saturated heterocycles. The van der Waals surface area contributed by atoms with E-state index in [1.165, 1.54) is 11.3 Å². The highest BCUT2D eigenvalue weighted by molar-refractivity contribution is 9.10. The van der Waals surface area contributed by atoms with Crippen molar-refractivity contribution in [1.29, 1.82) is 0 Å². The largest absolute Gasteiger partial charge is 0.450 e. The fourth-order valence-corrected chi connectivity index (χ4v) is 2.65. The maximum Gasteiger partial charge on any atom is 0.450 e. The SMILES string of the molecule is CC(C(=O)C(F)(F)F)c1nc(-c2cc(Br)cs2)no1. The Balaban J connectivity index is 2.24. The van der Waals surface area contributed by atoms with Gasteiger partial charge in [0.15, 0.2) is 0 Å². The van der Waals surface area contributed by atoms with Crippen LogP contribution in [0.4, 0.5) is 13.2 Å². The Labute approximate surface area is 117 Å². The van der Waals surface area contributed by atoms with Gasteiger partial charge in [-0.15, -0.1) is 11.3 Å². The number of hydrogen-bond donors (Lipinski definition) is 0. The average Bonchev–Trinajstić information content (AvgIpc) is 2.94. The summed E-state index contributed by atoms with van der Waals surface area (Å²) >= 11 is 4.54. The summed E-state index contributed by atoms with van der Waals surface area (Å²) < 4.78 is 42.3. The first kappa shape index (κ1) is 14.2. The molecule has 2 aromatic heterocycles. The molecule has 0 aliphatic heterocycles. The van der Waals surface area contributed by atoms with Crippen molar-refractivity contribution in [1.82, 2.24) is 10.1 Å². The zero-order valence-electron chi connectivity index (χ0n) is 9.36. The van der Waals surface area contributed by atoms with Crippen LogP contribution in [-0.2, 0) is 4.79 Å². The number of rotatable bonds is 3. The summed E-state index contributed by atoms with van der Waals surface area (Å²) in [6, 6.07) is 1.70. The molecule has 19 heavy (non-hydrogen) atoms. The third-order valence-corrected chi connectivity index (χ3v) is 3.96. The Morgan fingerprint density at radius 1 is 1.53 bits per heavy atom. The van der Waals surface area contributed by atoms with Gasteiger partial charge in [-0.25, -0.2) is 0 Å². The van der Waals surface area contributed by atoms with Crippen LogP contribution in [0, 0.1) is 0 Å². The molecule has 0 N–H and O–H groups in total. The standard InChI is InChI=1S/C10H6BrF3N2O2S/c1-4(7(17)10(12,13)14)9-15-8(16-18-9)6-2-5(11)3-19-6/h2-4H,1H3. The second-order valence-corrected chi connectivity index (χ2v) is 5.50. The van der Waals surface area contributed by atoms with Gasteiger partial charge >= 0.3 is 6.18 Å². The molecule has 1 unspecified atom stereocenters. The predicted molar refractivity (Wildman–Crippen MR) is 64.8 cm³/mol. The number of hydrogen-bond acceptors (Lipinski definition) is 5. The van der Waals surface area contributed by atoms with Crippen molar-refractivity contribution in [3.63, 3.8) is 0 Å². The van der Waals surface area contributed by atoms with E-state index in [9.17, 15) is 18.0 Å². The van der Waals surface area contributed by atoms with Gasteiger partial charge in [0.05, 0.1) is 4.88 Å². The van der Waals surface area contributed by atoms with E-state index in [0.717, 1.165) is 11.4 Å². The number of ketones is 1. The van der Waals surface area contributed by atoms with Crippen molar-refractivity contribution in [3.05, 3.63) is 21.8 Å².